The number of benzene rings is 2. The monoisotopic (exact) mass is 467 g/mol. The Morgan fingerprint density at radius 2 is 1.97 bits per heavy atom. The van der Waals surface area contributed by atoms with Gasteiger partial charge in [0.25, 0.3) is 11.6 Å². The fourth-order valence-electron chi connectivity index (χ4n) is 4.40. The molecule has 10 heteroatoms. The van der Waals surface area contributed by atoms with E-state index in [1.807, 2.05) is 23.1 Å². The average molecular weight is 468 g/mol. The minimum Gasteiger partial charge on any atom is -0.378 e. The summed E-state index contributed by atoms with van der Waals surface area (Å²) in [7, 11) is 0. The molecule has 0 saturated carbocycles. The largest absolute Gasteiger partial charge is 0.378 e. The number of amides is 1. The molecule has 0 bridgehead atoms. The zero-order valence-electron chi connectivity index (χ0n) is 17.8. The van der Waals surface area contributed by atoms with Gasteiger partial charge in [-0.3, -0.25) is 20.0 Å². The molecular formula is C23H22ClN5O4. The summed E-state index contributed by atoms with van der Waals surface area (Å²) >= 11 is 6.15. The third kappa shape index (κ3) is 4.17. The number of fused-ring (bicyclic) bond motifs is 1. The van der Waals surface area contributed by atoms with Gasteiger partial charge in [-0.2, -0.15) is 5.10 Å². The number of hydrogen-bond acceptors (Lipinski definition) is 6. The zero-order valence-corrected chi connectivity index (χ0v) is 18.5. The van der Waals surface area contributed by atoms with E-state index in [-0.39, 0.29) is 11.6 Å². The topological polar surface area (TPSA) is 105 Å². The van der Waals surface area contributed by atoms with Gasteiger partial charge in [0.2, 0.25) is 0 Å². The predicted octanol–water partition coefficient (Wildman–Crippen LogP) is 3.67. The fourth-order valence-corrected chi connectivity index (χ4v) is 4.59. The maximum atomic E-state index is 13.3. The molecule has 170 valence electrons. The molecular weight excluding hydrogens is 446 g/mol. The van der Waals surface area contributed by atoms with Crippen molar-refractivity contribution >= 4 is 28.9 Å². The highest BCUT2D eigenvalue weighted by molar-refractivity contribution is 6.30. The number of aromatic amines is 1. The quantitative estimate of drug-likeness (QED) is 0.463. The third-order valence-corrected chi connectivity index (χ3v) is 6.32. The molecule has 2 aromatic carbocycles. The number of nitro groups is 1. The van der Waals surface area contributed by atoms with Gasteiger partial charge in [0.1, 0.15) is 5.69 Å². The van der Waals surface area contributed by atoms with Gasteiger partial charge < -0.3 is 14.5 Å². The summed E-state index contributed by atoms with van der Waals surface area (Å²) in [6, 6.07) is 12.1. The van der Waals surface area contributed by atoms with E-state index in [0.29, 0.717) is 62.1 Å². The Kier molecular flexibility index (Phi) is 5.74. The van der Waals surface area contributed by atoms with Crippen molar-refractivity contribution in [1.29, 1.82) is 0 Å². The first-order chi connectivity index (χ1) is 16.0. The summed E-state index contributed by atoms with van der Waals surface area (Å²) in [5.74, 6) is -0.240. The highest BCUT2D eigenvalue weighted by Gasteiger charge is 2.29. The molecule has 5 rings (SSSR count). The van der Waals surface area contributed by atoms with Gasteiger partial charge in [-0.25, -0.2) is 0 Å². The molecule has 1 fully saturated rings. The number of H-pyrrole nitrogens is 1. The summed E-state index contributed by atoms with van der Waals surface area (Å²) in [5, 5.41) is 19.9. The number of rotatable bonds is 4. The second-order valence-corrected chi connectivity index (χ2v) is 8.51. The van der Waals surface area contributed by atoms with Crippen LogP contribution in [0.2, 0.25) is 5.02 Å². The third-order valence-electron chi connectivity index (χ3n) is 6.09. The molecule has 2 aliphatic rings. The first-order valence-electron chi connectivity index (χ1n) is 10.7. The molecule has 0 atom stereocenters. The Morgan fingerprint density at radius 1 is 1.15 bits per heavy atom. The van der Waals surface area contributed by atoms with Crippen LogP contribution in [0.4, 0.5) is 11.4 Å². The Bertz CT molecular complexity index is 1220. The van der Waals surface area contributed by atoms with Crippen molar-refractivity contribution in [3.63, 3.8) is 0 Å². The van der Waals surface area contributed by atoms with Crippen molar-refractivity contribution in [2.24, 2.45) is 0 Å². The predicted molar refractivity (Wildman–Crippen MR) is 124 cm³/mol. The van der Waals surface area contributed by atoms with E-state index in [4.69, 9.17) is 16.3 Å². The zero-order chi connectivity index (χ0) is 22.9. The summed E-state index contributed by atoms with van der Waals surface area (Å²) in [4.78, 5) is 28.3. The molecule has 1 amide bonds. The summed E-state index contributed by atoms with van der Waals surface area (Å²) in [6.45, 7) is 3.07. The van der Waals surface area contributed by atoms with Gasteiger partial charge in [-0.1, -0.05) is 23.7 Å². The van der Waals surface area contributed by atoms with Gasteiger partial charge in [-0.15, -0.1) is 0 Å². The molecule has 3 aromatic rings. The van der Waals surface area contributed by atoms with Crippen LogP contribution in [0.1, 0.15) is 21.6 Å². The second-order valence-electron chi connectivity index (χ2n) is 8.08. The molecule has 3 heterocycles. The van der Waals surface area contributed by atoms with Crippen LogP contribution < -0.4 is 4.90 Å². The van der Waals surface area contributed by atoms with E-state index in [1.165, 1.54) is 6.07 Å². The smallest absolute Gasteiger partial charge is 0.293 e. The van der Waals surface area contributed by atoms with E-state index in [2.05, 4.69) is 10.2 Å². The summed E-state index contributed by atoms with van der Waals surface area (Å²) in [5.41, 5.74) is 4.31. The highest BCUT2D eigenvalue weighted by Crippen LogP contribution is 2.33. The summed E-state index contributed by atoms with van der Waals surface area (Å²) < 4.78 is 5.35. The number of aromatic nitrogens is 2. The lowest BCUT2D eigenvalue weighted by Gasteiger charge is -2.29. The number of nitrogens with zero attached hydrogens (tertiary/aromatic N) is 4. The van der Waals surface area contributed by atoms with Crippen LogP contribution in [0, 0.1) is 10.1 Å². The Hall–Kier alpha value is -3.43. The number of carbonyl (C=O) groups is 1. The minimum atomic E-state index is -0.427. The van der Waals surface area contributed by atoms with Crippen molar-refractivity contribution in [3.05, 3.63) is 74.4 Å². The molecule has 1 saturated heterocycles. The van der Waals surface area contributed by atoms with Crippen LogP contribution in [0.3, 0.4) is 0 Å². The molecule has 1 N–H and O–H groups in total. The lowest BCUT2D eigenvalue weighted by Crippen LogP contribution is -2.37. The molecule has 1 aromatic heterocycles. The van der Waals surface area contributed by atoms with Crippen LogP contribution in [0.5, 0.6) is 0 Å². The minimum absolute atomic E-state index is 0.0663. The van der Waals surface area contributed by atoms with Crippen LogP contribution in [0.25, 0.3) is 11.3 Å². The number of nitro benzene ring substituents is 1. The second kappa shape index (κ2) is 8.84. The normalized spacial score (nSPS) is 15.9. The molecule has 0 radical (unpaired) electrons. The van der Waals surface area contributed by atoms with Gasteiger partial charge in [0, 0.05) is 66.1 Å². The average Bonchev–Trinajstić information content (AvgIpc) is 3.27. The first-order valence-corrected chi connectivity index (χ1v) is 11.1. The van der Waals surface area contributed by atoms with Crippen molar-refractivity contribution < 1.29 is 14.5 Å². The van der Waals surface area contributed by atoms with Crippen LogP contribution in [0.15, 0.2) is 42.5 Å². The number of carbonyl (C=O) groups excluding carboxylic acids is 1. The number of nitrogens with one attached hydrogen (secondary N) is 1. The van der Waals surface area contributed by atoms with E-state index >= 15 is 0 Å². The van der Waals surface area contributed by atoms with Crippen molar-refractivity contribution in [3.8, 4) is 11.3 Å². The van der Waals surface area contributed by atoms with Gasteiger partial charge >= 0.3 is 0 Å². The molecule has 33 heavy (non-hydrogen) atoms. The first kappa shape index (κ1) is 21.4. The van der Waals surface area contributed by atoms with E-state index in [1.54, 1.807) is 23.1 Å². The standard InChI is InChI=1S/C23H22ClN5O4/c24-17-3-1-2-15(12-17)22-18-14-28(7-6-19(18)25-26-22)23(30)16-4-5-20(21(13-16)29(31)32)27-8-10-33-11-9-27/h1-5,12-13H,6-11,14H2,(H,25,26). The SMILES string of the molecule is O=C(c1ccc(N2CCOCC2)c([N+](=O)[O-])c1)N1CCc2[nH]nc(-c3cccc(Cl)c3)c2C1. The molecule has 0 aliphatic carbocycles. The Morgan fingerprint density at radius 3 is 2.73 bits per heavy atom. The number of hydrogen-bond donors (Lipinski definition) is 1. The van der Waals surface area contributed by atoms with Crippen LogP contribution >= 0.6 is 11.6 Å². The molecule has 9 nitrogen and oxygen atoms in total. The van der Waals surface area contributed by atoms with Crippen molar-refractivity contribution in [2.75, 3.05) is 37.7 Å². The molecule has 0 unspecified atom stereocenters. The number of halogens is 1. The lowest BCUT2D eigenvalue weighted by atomic mass is 10.00. The highest BCUT2D eigenvalue weighted by atomic mass is 35.5. The Balaban J connectivity index is 1.41. The van der Waals surface area contributed by atoms with E-state index in [9.17, 15) is 14.9 Å². The Labute approximate surface area is 195 Å². The van der Waals surface area contributed by atoms with Crippen molar-refractivity contribution in [2.45, 2.75) is 13.0 Å². The van der Waals surface area contributed by atoms with Gasteiger partial charge in [0.05, 0.1) is 23.8 Å². The van der Waals surface area contributed by atoms with Gasteiger partial charge in [0.15, 0.2) is 0 Å². The number of anilines is 1. The summed E-state index contributed by atoms with van der Waals surface area (Å²) in [6.07, 6.45) is 0.628. The van der Waals surface area contributed by atoms with Crippen molar-refractivity contribution in [1.82, 2.24) is 15.1 Å². The van der Waals surface area contributed by atoms with Crippen LogP contribution in [-0.4, -0.2) is 58.8 Å². The molecule has 2 aliphatic heterocycles. The maximum absolute atomic E-state index is 13.3. The van der Waals surface area contributed by atoms with Gasteiger partial charge in [-0.05, 0) is 24.3 Å². The molecule has 0 spiro atoms. The number of ether oxygens (including phenoxy) is 1. The van der Waals surface area contributed by atoms with E-state index < -0.39 is 4.92 Å². The lowest BCUT2D eigenvalue weighted by molar-refractivity contribution is -0.384. The number of morpholine rings is 1. The fraction of sp³-hybridized carbons (Fsp3) is 0.304. The van der Waals surface area contributed by atoms with E-state index in [0.717, 1.165) is 22.5 Å². The van der Waals surface area contributed by atoms with Crippen LogP contribution in [-0.2, 0) is 17.7 Å². The maximum Gasteiger partial charge on any atom is 0.293 e.